The van der Waals surface area contributed by atoms with Crippen LogP contribution in [0.15, 0.2) is 42.5 Å². The first-order valence-corrected chi connectivity index (χ1v) is 7.14. The van der Waals surface area contributed by atoms with Gasteiger partial charge in [-0.25, -0.2) is 8.78 Å². The summed E-state index contributed by atoms with van der Waals surface area (Å²) in [6, 6.07) is 10.5. The van der Waals surface area contributed by atoms with E-state index in [0.717, 1.165) is 23.0 Å². The maximum absolute atomic E-state index is 13.4. The van der Waals surface area contributed by atoms with Crippen molar-refractivity contribution in [2.45, 2.75) is 13.0 Å². The van der Waals surface area contributed by atoms with Crippen LogP contribution in [0.3, 0.4) is 0 Å². The van der Waals surface area contributed by atoms with Gasteiger partial charge < -0.3 is 4.90 Å². The van der Waals surface area contributed by atoms with Gasteiger partial charge in [0.25, 0.3) is 5.91 Å². The second-order valence-electron chi connectivity index (χ2n) is 5.38. The molecule has 0 fully saturated rings. The number of fused-ring (bicyclic) bond motifs is 1. The Balaban J connectivity index is 1.91. The van der Waals surface area contributed by atoms with E-state index in [1.54, 1.807) is 14.0 Å². The van der Waals surface area contributed by atoms with Crippen LogP contribution >= 0.6 is 0 Å². The lowest BCUT2D eigenvalue weighted by Crippen LogP contribution is -2.30. The minimum Gasteiger partial charge on any atom is -0.334 e. The highest BCUT2D eigenvalue weighted by atomic mass is 19.2. The van der Waals surface area contributed by atoms with E-state index in [2.05, 4.69) is 10.2 Å². The first-order valence-electron chi connectivity index (χ1n) is 7.14. The van der Waals surface area contributed by atoms with Gasteiger partial charge in [0.2, 0.25) is 0 Å². The molecular weight excluding hydrogens is 300 g/mol. The fraction of sp³-hybridized carbons (Fsp3) is 0.176. The number of carbonyl (C=O) groups excluding carboxylic acids is 1. The van der Waals surface area contributed by atoms with Crippen molar-refractivity contribution in [3.63, 3.8) is 0 Å². The van der Waals surface area contributed by atoms with E-state index in [4.69, 9.17) is 0 Å². The molecule has 2 aromatic carbocycles. The van der Waals surface area contributed by atoms with Gasteiger partial charge in [-0.1, -0.05) is 24.3 Å². The number of H-pyrrole nitrogens is 1. The zero-order valence-electron chi connectivity index (χ0n) is 12.7. The molecule has 1 N–H and O–H groups in total. The van der Waals surface area contributed by atoms with Gasteiger partial charge in [-0.05, 0) is 30.7 Å². The zero-order valence-corrected chi connectivity index (χ0v) is 12.7. The average Bonchev–Trinajstić information content (AvgIpc) is 2.99. The second-order valence-corrected chi connectivity index (χ2v) is 5.38. The highest BCUT2D eigenvalue weighted by Crippen LogP contribution is 2.24. The SMILES string of the molecule is CC(c1ccc(F)c(F)c1)N(C)C(=O)c1n[nH]c2ccccc12. The predicted octanol–water partition coefficient (Wildman–Crippen LogP) is 3.67. The number of benzene rings is 2. The van der Waals surface area contributed by atoms with E-state index in [-0.39, 0.29) is 5.91 Å². The van der Waals surface area contributed by atoms with E-state index >= 15 is 0 Å². The third-order valence-corrected chi connectivity index (χ3v) is 4.00. The Bertz CT molecular complexity index is 875. The smallest absolute Gasteiger partial charge is 0.275 e. The Labute approximate surface area is 131 Å². The minimum absolute atomic E-state index is 0.292. The van der Waals surface area contributed by atoms with Gasteiger partial charge in [0.05, 0.1) is 11.6 Å². The summed E-state index contributed by atoms with van der Waals surface area (Å²) in [5, 5.41) is 7.61. The van der Waals surface area contributed by atoms with Gasteiger partial charge in [0.1, 0.15) is 0 Å². The summed E-state index contributed by atoms with van der Waals surface area (Å²) in [5.74, 6) is -2.13. The summed E-state index contributed by atoms with van der Waals surface area (Å²) in [6.45, 7) is 1.75. The first-order chi connectivity index (χ1) is 11.0. The molecular formula is C17H15F2N3O. The molecule has 3 aromatic rings. The van der Waals surface area contributed by atoms with E-state index in [1.807, 2.05) is 24.3 Å². The number of aromatic nitrogens is 2. The van der Waals surface area contributed by atoms with Gasteiger partial charge >= 0.3 is 0 Å². The number of aromatic amines is 1. The minimum atomic E-state index is -0.930. The Morgan fingerprint density at radius 3 is 2.65 bits per heavy atom. The van der Waals surface area contributed by atoms with E-state index < -0.39 is 17.7 Å². The molecule has 3 rings (SSSR count). The molecule has 0 aliphatic heterocycles. The number of amides is 1. The summed E-state index contributed by atoms with van der Waals surface area (Å²) in [7, 11) is 1.61. The lowest BCUT2D eigenvalue weighted by atomic mass is 10.1. The molecule has 118 valence electrons. The third-order valence-electron chi connectivity index (χ3n) is 4.00. The van der Waals surface area contributed by atoms with E-state index in [0.29, 0.717) is 11.3 Å². The molecule has 1 unspecified atom stereocenters. The van der Waals surface area contributed by atoms with E-state index in [1.165, 1.54) is 11.0 Å². The van der Waals surface area contributed by atoms with Crippen LogP contribution < -0.4 is 0 Å². The number of nitrogens with one attached hydrogen (secondary N) is 1. The van der Waals surface area contributed by atoms with Gasteiger partial charge in [0.15, 0.2) is 17.3 Å². The molecule has 0 bridgehead atoms. The molecule has 0 aliphatic rings. The van der Waals surface area contributed by atoms with Gasteiger partial charge in [-0.15, -0.1) is 0 Å². The average molecular weight is 315 g/mol. The molecule has 1 heterocycles. The van der Waals surface area contributed by atoms with Crippen LogP contribution in [0.25, 0.3) is 10.9 Å². The van der Waals surface area contributed by atoms with Crippen LogP contribution in [0, 0.1) is 11.6 Å². The van der Waals surface area contributed by atoms with Crippen molar-refractivity contribution in [3.05, 3.63) is 65.4 Å². The van der Waals surface area contributed by atoms with Gasteiger partial charge in [-0.3, -0.25) is 9.89 Å². The Morgan fingerprint density at radius 1 is 1.17 bits per heavy atom. The molecule has 1 amide bonds. The molecule has 0 aliphatic carbocycles. The molecule has 1 atom stereocenters. The van der Waals surface area contributed by atoms with Crippen molar-refractivity contribution in [1.82, 2.24) is 15.1 Å². The quantitative estimate of drug-likeness (QED) is 0.801. The summed E-state index contributed by atoms with van der Waals surface area (Å²) >= 11 is 0. The monoisotopic (exact) mass is 315 g/mol. The largest absolute Gasteiger partial charge is 0.334 e. The van der Waals surface area contributed by atoms with Crippen LogP contribution in [-0.2, 0) is 0 Å². The first kappa shape index (κ1) is 15.1. The topological polar surface area (TPSA) is 49.0 Å². The number of rotatable bonds is 3. The van der Waals surface area contributed by atoms with Crippen molar-refractivity contribution < 1.29 is 13.6 Å². The molecule has 0 radical (unpaired) electrons. The highest BCUT2D eigenvalue weighted by Gasteiger charge is 2.23. The number of halogens is 2. The lowest BCUT2D eigenvalue weighted by Gasteiger charge is -2.24. The third kappa shape index (κ3) is 2.67. The fourth-order valence-corrected chi connectivity index (χ4v) is 2.47. The molecule has 4 nitrogen and oxygen atoms in total. The Kier molecular flexibility index (Phi) is 3.82. The summed E-state index contributed by atoms with van der Waals surface area (Å²) in [4.78, 5) is 14.1. The van der Waals surface area contributed by atoms with Crippen LogP contribution in [0.5, 0.6) is 0 Å². The molecule has 0 saturated heterocycles. The van der Waals surface area contributed by atoms with Crippen LogP contribution in [0.1, 0.15) is 29.0 Å². The normalized spacial score (nSPS) is 12.3. The molecule has 0 spiro atoms. The van der Waals surface area contributed by atoms with Crippen LogP contribution in [0.4, 0.5) is 8.78 Å². The second kappa shape index (κ2) is 5.79. The Morgan fingerprint density at radius 2 is 1.91 bits per heavy atom. The maximum Gasteiger partial charge on any atom is 0.275 e. The van der Waals surface area contributed by atoms with Gasteiger partial charge in [0, 0.05) is 12.4 Å². The number of nitrogens with zero attached hydrogens (tertiary/aromatic N) is 2. The van der Waals surface area contributed by atoms with Crippen molar-refractivity contribution in [3.8, 4) is 0 Å². The summed E-state index contributed by atoms with van der Waals surface area (Å²) in [6.07, 6.45) is 0. The lowest BCUT2D eigenvalue weighted by molar-refractivity contribution is 0.0738. The number of hydrogen-bond donors (Lipinski definition) is 1. The predicted molar refractivity (Wildman–Crippen MR) is 83.0 cm³/mol. The molecule has 0 saturated carbocycles. The number of hydrogen-bond acceptors (Lipinski definition) is 2. The van der Waals surface area contributed by atoms with Crippen molar-refractivity contribution in [2.24, 2.45) is 0 Å². The molecule has 1 aromatic heterocycles. The highest BCUT2D eigenvalue weighted by molar-refractivity contribution is 6.04. The van der Waals surface area contributed by atoms with Crippen molar-refractivity contribution in [1.29, 1.82) is 0 Å². The van der Waals surface area contributed by atoms with Crippen LogP contribution in [-0.4, -0.2) is 28.1 Å². The molecule has 23 heavy (non-hydrogen) atoms. The van der Waals surface area contributed by atoms with Gasteiger partial charge in [-0.2, -0.15) is 5.10 Å². The fourth-order valence-electron chi connectivity index (χ4n) is 2.47. The van der Waals surface area contributed by atoms with Crippen molar-refractivity contribution >= 4 is 16.8 Å². The Hall–Kier alpha value is -2.76. The summed E-state index contributed by atoms with van der Waals surface area (Å²) in [5.41, 5.74) is 1.59. The summed E-state index contributed by atoms with van der Waals surface area (Å²) < 4.78 is 26.4. The van der Waals surface area contributed by atoms with E-state index in [9.17, 15) is 13.6 Å². The zero-order chi connectivity index (χ0) is 16.6. The maximum atomic E-state index is 13.4. The molecule has 6 heteroatoms. The van der Waals surface area contributed by atoms with Crippen LogP contribution in [0.2, 0.25) is 0 Å². The standard InChI is InChI=1S/C17H15F2N3O/c1-10(11-7-8-13(18)14(19)9-11)22(2)17(23)16-12-5-3-4-6-15(12)20-21-16/h3-10H,1-2H3,(H,20,21). The van der Waals surface area contributed by atoms with Crippen molar-refractivity contribution in [2.75, 3.05) is 7.05 Å². The number of para-hydroxylation sites is 1. The number of carbonyl (C=O) groups is 1.